The first kappa shape index (κ1) is 13.9. The molecule has 2 aliphatic rings. The van der Waals surface area contributed by atoms with Crippen LogP contribution in [0.5, 0.6) is 0 Å². The molecule has 0 saturated carbocycles. The molecule has 0 spiro atoms. The van der Waals surface area contributed by atoms with Gasteiger partial charge >= 0.3 is 5.97 Å². The molecule has 1 atom stereocenters. The maximum atomic E-state index is 12.0. The van der Waals surface area contributed by atoms with E-state index in [9.17, 15) is 9.59 Å². The van der Waals surface area contributed by atoms with E-state index in [1.807, 2.05) is 7.05 Å². The lowest BCUT2D eigenvalue weighted by molar-refractivity contribution is -0.153. The monoisotopic (exact) mass is 293 g/mol. The van der Waals surface area contributed by atoms with Crippen molar-refractivity contribution in [2.45, 2.75) is 12.5 Å². The van der Waals surface area contributed by atoms with Gasteiger partial charge in [-0.15, -0.1) is 0 Å². The van der Waals surface area contributed by atoms with Gasteiger partial charge in [0.05, 0.1) is 12.0 Å². The van der Waals surface area contributed by atoms with Crippen LogP contribution in [0.25, 0.3) is 0 Å². The lowest BCUT2D eigenvalue weighted by atomic mass is 10.2. The molecular formula is C14H19N3O4. The first-order valence-corrected chi connectivity index (χ1v) is 7.09. The number of hydrogen-bond acceptors (Lipinski definition) is 6. The normalized spacial score (nSPS) is 21.8. The van der Waals surface area contributed by atoms with Gasteiger partial charge in [0.1, 0.15) is 11.8 Å². The van der Waals surface area contributed by atoms with Crippen LogP contribution >= 0.6 is 0 Å². The van der Waals surface area contributed by atoms with E-state index >= 15 is 0 Å². The van der Waals surface area contributed by atoms with Crippen LogP contribution in [0.2, 0.25) is 0 Å². The minimum absolute atomic E-state index is 0.133. The lowest BCUT2D eigenvalue weighted by Gasteiger charge is -2.32. The van der Waals surface area contributed by atoms with Gasteiger partial charge in [0.2, 0.25) is 0 Å². The Morgan fingerprint density at radius 2 is 2.14 bits per heavy atom. The van der Waals surface area contributed by atoms with Crippen molar-refractivity contribution in [2.24, 2.45) is 0 Å². The third-order valence-electron chi connectivity index (χ3n) is 3.94. The first-order valence-electron chi connectivity index (χ1n) is 7.09. The number of carbonyl (C=O) groups is 2. The fourth-order valence-electron chi connectivity index (χ4n) is 2.57. The Morgan fingerprint density at radius 3 is 2.86 bits per heavy atom. The number of fused-ring (bicyclic) bond motifs is 1. The summed E-state index contributed by atoms with van der Waals surface area (Å²) in [7, 11) is 2.02. The summed E-state index contributed by atoms with van der Waals surface area (Å²) in [4.78, 5) is 27.8. The molecule has 0 radical (unpaired) electrons. The summed E-state index contributed by atoms with van der Waals surface area (Å²) in [5.41, 5.74) is 0.822. The summed E-state index contributed by atoms with van der Waals surface area (Å²) in [5.74, 6) is 0.206. The Hall–Kier alpha value is -2.02. The second-order valence-electron chi connectivity index (χ2n) is 5.45. The summed E-state index contributed by atoms with van der Waals surface area (Å²) in [6, 6.07) is 1.32. The van der Waals surface area contributed by atoms with Gasteiger partial charge < -0.3 is 24.3 Å². The van der Waals surface area contributed by atoms with Gasteiger partial charge in [-0.3, -0.25) is 4.79 Å². The van der Waals surface area contributed by atoms with Crippen molar-refractivity contribution >= 4 is 17.6 Å². The molecule has 0 bridgehead atoms. The maximum absolute atomic E-state index is 12.0. The van der Waals surface area contributed by atoms with E-state index < -0.39 is 12.0 Å². The van der Waals surface area contributed by atoms with Crippen LogP contribution in [0, 0.1) is 0 Å². The lowest BCUT2D eigenvalue weighted by Crippen LogP contribution is -2.48. The molecule has 7 nitrogen and oxygen atoms in total. The highest BCUT2D eigenvalue weighted by Gasteiger charge is 2.31. The van der Waals surface area contributed by atoms with E-state index in [0.29, 0.717) is 19.5 Å². The third-order valence-corrected chi connectivity index (χ3v) is 3.94. The van der Waals surface area contributed by atoms with Crippen molar-refractivity contribution in [2.75, 3.05) is 45.2 Å². The number of esters is 1. The smallest absolute Gasteiger partial charge is 0.329 e. The zero-order valence-corrected chi connectivity index (χ0v) is 12.0. The highest BCUT2D eigenvalue weighted by atomic mass is 16.5. The molecular weight excluding hydrogens is 274 g/mol. The van der Waals surface area contributed by atoms with Crippen molar-refractivity contribution in [1.29, 1.82) is 0 Å². The first-order chi connectivity index (χ1) is 10.1. The zero-order chi connectivity index (χ0) is 14.8. The van der Waals surface area contributed by atoms with Crippen LogP contribution in [0.4, 0.5) is 5.69 Å². The Balaban J connectivity index is 1.44. The van der Waals surface area contributed by atoms with Crippen LogP contribution in [-0.2, 0) is 20.7 Å². The molecule has 1 aromatic heterocycles. The topological polar surface area (TPSA) is 75.0 Å². The number of carbonyl (C=O) groups excluding carboxylic acids is 2. The van der Waals surface area contributed by atoms with Gasteiger partial charge in [-0.05, 0) is 13.1 Å². The number of piperazine rings is 1. The van der Waals surface area contributed by atoms with Gasteiger partial charge in [-0.1, -0.05) is 0 Å². The quantitative estimate of drug-likeness (QED) is 0.787. The van der Waals surface area contributed by atoms with Gasteiger partial charge in [0.15, 0.2) is 6.61 Å². The average molecular weight is 293 g/mol. The maximum Gasteiger partial charge on any atom is 0.329 e. The van der Waals surface area contributed by atoms with Crippen LogP contribution in [0.15, 0.2) is 16.7 Å². The van der Waals surface area contributed by atoms with E-state index in [0.717, 1.165) is 24.5 Å². The molecule has 3 heterocycles. The number of nitrogens with one attached hydrogen (secondary N) is 1. The SMILES string of the molecule is CN1CCN(C(=O)COC(=O)C2Cc3occc3N2)CC1. The number of anilines is 1. The Morgan fingerprint density at radius 1 is 1.38 bits per heavy atom. The summed E-state index contributed by atoms with van der Waals surface area (Å²) < 4.78 is 10.4. The second kappa shape index (κ2) is 5.77. The number of likely N-dealkylation sites (N-methyl/N-ethyl adjacent to an activating group) is 1. The molecule has 1 unspecified atom stereocenters. The zero-order valence-electron chi connectivity index (χ0n) is 12.0. The third kappa shape index (κ3) is 3.02. The highest BCUT2D eigenvalue weighted by molar-refractivity contribution is 5.85. The van der Waals surface area contributed by atoms with Gasteiger partial charge in [0, 0.05) is 32.6 Å². The van der Waals surface area contributed by atoms with Crippen molar-refractivity contribution in [3.63, 3.8) is 0 Å². The summed E-state index contributed by atoms with van der Waals surface area (Å²) in [5, 5.41) is 3.02. The summed E-state index contributed by atoms with van der Waals surface area (Å²) in [6.45, 7) is 2.88. The number of rotatable bonds is 3. The number of nitrogens with zero attached hydrogens (tertiary/aromatic N) is 2. The van der Waals surface area contributed by atoms with Gasteiger partial charge in [0.25, 0.3) is 5.91 Å². The molecule has 3 rings (SSSR count). The van der Waals surface area contributed by atoms with Crippen molar-refractivity contribution in [3.05, 3.63) is 18.1 Å². The van der Waals surface area contributed by atoms with Crippen molar-refractivity contribution in [3.8, 4) is 0 Å². The number of furan rings is 1. The van der Waals surface area contributed by atoms with Crippen molar-refractivity contribution in [1.82, 2.24) is 9.80 Å². The molecule has 1 saturated heterocycles. The summed E-state index contributed by atoms with van der Waals surface area (Å²) >= 11 is 0. The highest BCUT2D eigenvalue weighted by Crippen LogP contribution is 2.26. The Labute approximate surface area is 122 Å². The minimum atomic E-state index is -0.458. The number of ether oxygens (including phenoxy) is 1. The molecule has 1 N–H and O–H groups in total. The number of hydrogen-bond donors (Lipinski definition) is 1. The minimum Gasteiger partial charge on any atom is -0.467 e. The average Bonchev–Trinajstić information content (AvgIpc) is 3.06. The molecule has 1 amide bonds. The summed E-state index contributed by atoms with van der Waals surface area (Å²) in [6.07, 6.45) is 2.04. The van der Waals surface area contributed by atoms with Crippen LogP contribution in [0.1, 0.15) is 5.76 Å². The predicted molar refractivity (Wildman–Crippen MR) is 74.9 cm³/mol. The molecule has 1 aromatic rings. The molecule has 0 aliphatic carbocycles. The molecule has 2 aliphatic heterocycles. The number of amides is 1. The largest absolute Gasteiger partial charge is 0.467 e. The van der Waals surface area contributed by atoms with E-state index in [1.54, 1.807) is 17.2 Å². The fraction of sp³-hybridized carbons (Fsp3) is 0.571. The second-order valence-corrected chi connectivity index (χ2v) is 5.45. The molecule has 21 heavy (non-hydrogen) atoms. The molecule has 0 aromatic carbocycles. The van der Waals surface area contributed by atoms with Gasteiger partial charge in [-0.25, -0.2) is 4.79 Å². The predicted octanol–water partition coefficient (Wildman–Crippen LogP) is -0.0666. The van der Waals surface area contributed by atoms with Gasteiger partial charge in [-0.2, -0.15) is 0 Å². The molecule has 1 fully saturated rings. The van der Waals surface area contributed by atoms with E-state index in [-0.39, 0.29) is 12.5 Å². The Bertz CT molecular complexity index is 514. The fourth-order valence-corrected chi connectivity index (χ4v) is 2.57. The van der Waals surface area contributed by atoms with Crippen LogP contribution < -0.4 is 5.32 Å². The van der Waals surface area contributed by atoms with E-state index in [4.69, 9.17) is 9.15 Å². The van der Waals surface area contributed by atoms with E-state index in [1.165, 1.54) is 0 Å². The molecule has 114 valence electrons. The van der Waals surface area contributed by atoms with Crippen LogP contribution in [-0.4, -0.2) is 67.6 Å². The van der Waals surface area contributed by atoms with E-state index in [2.05, 4.69) is 10.2 Å². The molecule has 7 heteroatoms. The standard InChI is InChI=1S/C14H19N3O4/c1-16-3-5-17(6-4-16)13(18)9-21-14(19)11-8-12-10(15-11)2-7-20-12/h2,7,11,15H,3-6,8-9H2,1H3. The Kier molecular flexibility index (Phi) is 3.83. The van der Waals surface area contributed by atoms with Crippen molar-refractivity contribution < 1.29 is 18.7 Å². The van der Waals surface area contributed by atoms with Crippen LogP contribution in [0.3, 0.4) is 0 Å².